The molecule has 0 aromatic heterocycles. The predicted molar refractivity (Wildman–Crippen MR) is 112 cm³/mol. The lowest BCUT2D eigenvalue weighted by molar-refractivity contribution is -0.0508. The van der Waals surface area contributed by atoms with Gasteiger partial charge in [0.2, 0.25) is 0 Å². The van der Waals surface area contributed by atoms with Gasteiger partial charge in [-0.25, -0.2) is 4.79 Å². The molecular formula is C22H24ClF2N3O2. The number of anilines is 1. The quantitative estimate of drug-likeness (QED) is 0.741. The number of para-hydroxylation sites is 1. The Morgan fingerprint density at radius 3 is 2.90 bits per heavy atom. The van der Waals surface area contributed by atoms with Crippen molar-refractivity contribution >= 4 is 23.3 Å². The van der Waals surface area contributed by atoms with Gasteiger partial charge in [-0.1, -0.05) is 29.8 Å². The van der Waals surface area contributed by atoms with Gasteiger partial charge in [-0.2, -0.15) is 8.78 Å². The molecule has 2 aromatic carbocycles. The Morgan fingerprint density at radius 1 is 1.23 bits per heavy atom. The van der Waals surface area contributed by atoms with E-state index in [0.29, 0.717) is 24.7 Å². The van der Waals surface area contributed by atoms with Gasteiger partial charge >= 0.3 is 12.6 Å². The summed E-state index contributed by atoms with van der Waals surface area (Å²) in [5.41, 5.74) is 2.70. The van der Waals surface area contributed by atoms with Crippen LogP contribution in [0, 0.1) is 0 Å². The van der Waals surface area contributed by atoms with Gasteiger partial charge in [0.05, 0.1) is 0 Å². The molecule has 1 atom stereocenters. The summed E-state index contributed by atoms with van der Waals surface area (Å²) in [6.07, 6.45) is 2.61. The average molecular weight is 436 g/mol. The molecule has 0 aliphatic carbocycles. The van der Waals surface area contributed by atoms with Gasteiger partial charge in [0.25, 0.3) is 0 Å². The van der Waals surface area contributed by atoms with Crippen LogP contribution in [-0.2, 0) is 13.0 Å². The predicted octanol–water partition coefficient (Wildman–Crippen LogP) is 4.68. The Labute approximate surface area is 179 Å². The van der Waals surface area contributed by atoms with Gasteiger partial charge in [-0.15, -0.1) is 0 Å². The van der Waals surface area contributed by atoms with E-state index in [1.54, 1.807) is 29.2 Å². The SMILES string of the molecule is O=C(NC1CCCN(Cc2ccccc2OC(F)F)C1)N1CCc2cc(Cl)ccc21. The Balaban J connectivity index is 1.37. The van der Waals surface area contributed by atoms with E-state index in [1.807, 2.05) is 18.2 Å². The highest BCUT2D eigenvalue weighted by Gasteiger charge is 2.28. The first-order chi connectivity index (χ1) is 14.5. The smallest absolute Gasteiger partial charge is 0.387 e. The minimum absolute atomic E-state index is 0.00535. The van der Waals surface area contributed by atoms with E-state index >= 15 is 0 Å². The zero-order valence-corrected chi connectivity index (χ0v) is 17.2. The van der Waals surface area contributed by atoms with Crippen molar-refractivity contribution in [1.29, 1.82) is 0 Å². The van der Waals surface area contributed by atoms with Crippen LogP contribution < -0.4 is 15.0 Å². The Morgan fingerprint density at radius 2 is 2.07 bits per heavy atom. The number of halogens is 3. The second-order valence-corrected chi connectivity index (χ2v) is 8.12. The third-order valence-corrected chi connectivity index (χ3v) is 5.83. The number of amides is 2. The van der Waals surface area contributed by atoms with Gasteiger partial charge in [0.1, 0.15) is 5.75 Å². The number of ether oxygens (including phenoxy) is 1. The lowest BCUT2D eigenvalue weighted by Gasteiger charge is -2.34. The van der Waals surface area contributed by atoms with Crippen LogP contribution >= 0.6 is 11.6 Å². The molecule has 2 aromatic rings. The average Bonchev–Trinajstić information content (AvgIpc) is 3.12. The molecule has 2 aliphatic rings. The fraction of sp³-hybridized carbons (Fsp3) is 0.409. The molecule has 8 heteroatoms. The fourth-order valence-corrected chi connectivity index (χ4v) is 4.43. The maximum Gasteiger partial charge on any atom is 0.387 e. The molecule has 2 amide bonds. The van der Waals surface area contributed by atoms with E-state index in [4.69, 9.17) is 11.6 Å². The topological polar surface area (TPSA) is 44.8 Å². The first kappa shape index (κ1) is 20.9. The van der Waals surface area contributed by atoms with Crippen LogP contribution in [0.25, 0.3) is 0 Å². The number of likely N-dealkylation sites (tertiary alicyclic amines) is 1. The third kappa shape index (κ3) is 4.84. The van der Waals surface area contributed by atoms with Gasteiger partial charge < -0.3 is 10.1 Å². The molecule has 30 heavy (non-hydrogen) atoms. The van der Waals surface area contributed by atoms with Crippen molar-refractivity contribution in [2.45, 2.75) is 38.5 Å². The van der Waals surface area contributed by atoms with Crippen LogP contribution in [-0.4, -0.2) is 43.2 Å². The van der Waals surface area contributed by atoms with E-state index in [2.05, 4.69) is 15.0 Å². The number of carbonyl (C=O) groups is 1. The van der Waals surface area contributed by atoms with Crippen LogP contribution in [0.2, 0.25) is 5.02 Å². The standard InChI is InChI=1S/C22H24ClF2N3O2/c23-17-7-8-19-15(12-17)9-11-28(19)22(29)26-18-5-3-10-27(14-18)13-16-4-1-2-6-20(16)30-21(24)25/h1-2,4,6-8,12,18,21H,3,5,9-11,13-14H2,(H,26,29). The highest BCUT2D eigenvalue weighted by molar-refractivity contribution is 6.30. The van der Waals surface area contributed by atoms with E-state index in [1.165, 1.54) is 0 Å². The molecule has 1 N–H and O–H groups in total. The van der Waals surface area contributed by atoms with Crippen molar-refractivity contribution in [3.63, 3.8) is 0 Å². The zero-order valence-electron chi connectivity index (χ0n) is 16.5. The lowest BCUT2D eigenvalue weighted by atomic mass is 10.0. The largest absolute Gasteiger partial charge is 0.434 e. The van der Waals surface area contributed by atoms with E-state index < -0.39 is 6.61 Å². The monoisotopic (exact) mass is 435 g/mol. The summed E-state index contributed by atoms with van der Waals surface area (Å²) in [5.74, 6) is 0.200. The van der Waals surface area contributed by atoms with Gasteiger partial charge in [-0.3, -0.25) is 9.80 Å². The number of benzene rings is 2. The van der Waals surface area contributed by atoms with Crippen molar-refractivity contribution in [1.82, 2.24) is 10.2 Å². The van der Waals surface area contributed by atoms with Crippen LogP contribution in [0.4, 0.5) is 19.3 Å². The summed E-state index contributed by atoms with van der Waals surface area (Å²) in [6.45, 7) is -0.203. The second-order valence-electron chi connectivity index (χ2n) is 7.68. The molecule has 4 rings (SSSR count). The summed E-state index contributed by atoms with van der Waals surface area (Å²) >= 11 is 6.05. The molecule has 2 aliphatic heterocycles. The highest BCUT2D eigenvalue weighted by atomic mass is 35.5. The molecule has 1 fully saturated rings. The second kappa shape index (κ2) is 9.18. The van der Waals surface area contributed by atoms with Gasteiger partial charge in [0.15, 0.2) is 0 Å². The minimum atomic E-state index is -2.85. The van der Waals surface area contributed by atoms with Crippen molar-refractivity contribution < 1.29 is 18.3 Å². The number of alkyl halides is 2. The van der Waals surface area contributed by atoms with Crippen LogP contribution in [0.1, 0.15) is 24.0 Å². The first-order valence-corrected chi connectivity index (χ1v) is 10.5. The van der Waals surface area contributed by atoms with E-state index in [0.717, 1.165) is 42.6 Å². The van der Waals surface area contributed by atoms with Gasteiger partial charge in [0, 0.05) is 41.9 Å². The number of urea groups is 1. The molecule has 0 bridgehead atoms. The van der Waals surface area contributed by atoms with Crippen LogP contribution in [0.15, 0.2) is 42.5 Å². The molecule has 1 unspecified atom stereocenters. The molecule has 160 valence electrons. The van der Waals surface area contributed by atoms with Crippen molar-refractivity contribution in [3.8, 4) is 5.75 Å². The molecule has 2 heterocycles. The molecular weight excluding hydrogens is 412 g/mol. The summed E-state index contributed by atoms with van der Waals surface area (Å²) in [6, 6.07) is 12.3. The molecule has 1 saturated heterocycles. The van der Waals surface area contributed by atoms with Crippen molar-refractivity contribution in [3.05, 3.63) is 58.6 Å². The van der Waals surface area contributed by atoms with Crippen LogP contribution in [0.3, 0.4) is 0 Å². The highest BCUT2D eigenvalue weighted by Crippen LogP contribution is 2.30. The maximum atomic E-state index is 12.9. The number of fused-ring (bicyclic) bond motifs is 1. The lowest BCUT2D eigenvalue weighted by Crippen LogP contribution is -2.51. The Kier molecular flexibility index (Phi) is 6.39. The third-order valence-electron chi connectivity index (χ3n) is 5.60. The number of rotatable bonds is 5. The van der Waals surface area contributed by atoms with Crippen molar-refractivity contribution in [2.24, 2.45) is 0 Å². The molecule has 0 spiro atoms. The number of hydrogen-bond donors (Lipinski definition) is 1. The molecule has 0 saturated carbocycles. The number of nitrogens with zero attached hydrogens (tertiary/aromatic N) is 2. The fourth-order valence-electron chi connectivity index (χ4n) is 4.24. The summed E-state index contributed by atoms with van der Waals surface area (Å²) in [5, 5.41) is 3.82. The van der Waals surface area contributed by atoms with E-state index in [-0.39, 0.29) is 17.8 Å². The Bertz CT molecular complexity index is 912. The summed E-state index contributed by atoms with van der Waals surface area (Å²) < 4.78 is 30.0. The first-order valence-electron chi connectivity index (χ1n) is 10.1. The minimum Gasteiger partial charge on any atom is -0.434 e. The molecule has 0 radical (unpaired) electrons. The number of nitrogens with one attached hydrogen (secondary N) is 1. The number of carbonyl (C=O) groups excluding carboxylic acids is 1. The van der Waals surface area contributed by atoms with Crippen molar-refractivity contribution in [2.75, 3.05) is 24.5 Å². The summed E-state index contributed by atoms with van der Waals surface area (Å²) in [7, 11) is 0. The van der Waals surface area contributed by atoms with Crippen LogP contribution in [0.5, 0.6) is 5.75 Å². The Hall–Kier alpha value is -2.38. The maximum absolute atomic E-state index is 12.9. The number of hydrogen-bond acceptors (Lipinski definition) is 3. The summed E-state index contributed by atoms with van der Waals surface area (Å²) in [4.78, 5) is 16.8. The number of piperidine rings is 1. The van der Waals surface area contributed by atoms with E-state index in [9.17, 15) is 13.6 Å². The zero-order chi connectivity index (χ0) is 21.1. The molecule has 5 nitrogen and oxygen atoms in total. The van der Waals surface area contributed by atoms with Gasteiger partial charge in [-0.05, 0) is 55.6 Å². The normalized spacial score (nSPS) is 19.1.